The van der Waals surface area contributed by atoms with Crippen molar-refractivity contribution in [1.82, 2.24) is 30.0 Å². The maximum Gasteiger partial charge on any atom is 0.433 e. The number of nitrogens with one attached hydrogen (secondary N) is 3. The molecule has 4 aromatic rings. The minimum Gasteiger partial charge on any atom is -0.372 e. The van der Waals surface area contributed by atoms with Gasteiger partial charge < -0.3 is 26.2 Å². The zero-order valence-electron chi connectivity index (χ0n) is 29.1. The monoisotopic (exact) mass is 745 g/mol. The predicted octanol–water partition coefficient (Wildman–Crippen LogP) is 3.04. The van der Waals surface area contributed by atoms with Crippen LogP contribution in [0.2, 0.25) is 0 Å². The number of rotatable bonds is 9. The van der Waals surface area contributed by atoms with Gasteiger partial charge in [-0.3, -0.25) is 29.4 Å². The molecule has 3 fully saturated rings. The van der Waals surface area contributed by atoms with E-state index in [9.17, 15) is 32.3 Å². The molecule has 0 radical (unpaired) electrons. The maximum absolute atomic E-state index is 13.1. The zero-order chi connectivity index (χ0) is 38.0. The SMILES string of the molecule is NC(=O)c1nn(-c2ccc(N3CCN(C4CCN(c5ccc(NC6CCC(=O)NC6=O)cn5)CC4)CC3)cc2)cc1NC(=O)c1cccc(C(F)(F)F)n1. The average Bonchev–Trinajstić information content (AvgIpc) is 3.60. The topological polar surface area (TPSA) is 184 Å². The summed E-state index contributed by atoms with van der Waals surface area (Å²) in [5.41, 5.74) is 5.81. The van der Waals surface area contributed by atoms with E-state index in [0.29, 0.717) is 24.6 Å². The first-order valence-corrected chi connectivity index (χ1v) is 17.6. The molecule has 4 amide bonds. The highest BCUT2D eigenvalue weighted by molar-refractivity contribution is 6.07. The van der Waals surface area contributed by atoms with Crippen molar-refractivity contribution in [2.75, 3.05) is 59.7 Å². The van der Waals surface area contributed by atoms with Crippen LogP contribution in [0.3, 0.4) is 0 Å². The molecular weight excluding hydrogens is 707 g/mol. The summed E-state index contributed by atoms with van der Waals surface area (Å²) in [7, 11) is 0. The van der Waals surface area contributed by atoms with Gasteiger partial charge in [-0.2, -0.15) is 18.3 Å². The van der Waals surface area contributed by atoms with Crippen LogP contribution in [-0.2, 0) is 15.8 Å². The summed E-state index contributed by atoms with van der Waals surface area (Å²) in [5, 5.41) is 12.1. The lowest BCUT2D eigenvalue weighted by molar-refractivity contribution is -0.141. The average molecular weight is 746 g/mol. The molecule has 18 heteroatoms. The van der Waals surface area contributed by atoms with Crippen LogP contribution in [0.4, 0.5) is 36.1 Å². The quantitative estimate of drug-likeness (QED) is 0.185. The van der Waals surface area contributed by atoms with Crippen LogP contribution in [-0.4, -0.2) is 99.6 Å². The number of aromatic nitrogens is 4. The molecule has 0 spiro atoms. The molecule has 282 valence electrons. The van der Waals surface area contributed by atoms with Crippen molar-refractivity contribution in [2.45, 2.75) is 43.9 Å². The molecule has 1 atom stereocenters. The van der Waals surface area contributed by atoms with Gasteiger partial charge in [0.2, 0.25) is 11.8 Å². The molecular formula is C36H38F3N11O4. The number of primary amides is 1. The molecule has 3 aliphatic rings. The van der Waals surface area contributed by atoms with Crippen molar-refractivity contribution in [3.05, 3.63) is 84.1 Å². The Kier molecular flexibility index (Phi) is 10.2. The van der Waals surface area contributed by atoms with Crippen LogP contribution in [0, 0.1) is 0 Å². The molecule has 7 rings (SSSR count). The minimum atomic E-state index is -4.73. The maximum atomic E-state index is 13.1. The van der Waals surface area contributed by atoms with Crippen molar-refractivity contribution >= 4 is 46.5 Å². The highest BCUT2D eigenvalue weighted by Crippen LogP contribution is 2.29. The molecule has 1 unspecified atom stereocenters. The van der Waals surface area contributed by atoms with E-state index in [4.69, 9.17) is 5.73 Å². The number of anilines is 4. The number of hydrogen-bond acceptors (Lipinski definition) is 11. The highest BCUT2D eigenvalue weighted by atomic mass is 19.4. The summed E-state index contributed by atoms with van der Waals surface area (Å²) in [4.78, 5) is 63.5. The molecule has 3 aromatic heterocycles. The number of alkyl halides is 3. The summed E-state index contributed by atoms with van der Waals surface area (Å²) in [6.45, 7) is 5.29. The Labute approximate surface area is 307 Å². The Morgan fingerprint density at radius 1 is 0.870 bits per heavy atom. The number of pyridine rings is 2. The van der Waals surface area contributed by atoms with Gasteiger partial charge in [0, 0.05) is 57.4 Å². The van der Waals surface area contributed by atoms with Gasteiger partial charge in [-0.1, -0.05) is 6.07 Å². The number of imide groups is 1. The first kappa shape index (κ1) is 36.3. The smallest absolute Gasteiger partial charge is 0.372 e. The third-order valence-corrected chi connectivity index (χ3v) is 9.89. The van der Waals surface area contributed by atoms with Gasteiger partial charge in [-0.15, -0.1) is 0 Å². The molecule has 3 aliphatic heterocycles. The minimum absolute atomic E-state index is 0.0637. The van der Waals surface area contributed by atoms with Crippen molar-refractivity contribution in [1.29, 1.82) is 0 Å². The second-order valence-electron chi connectivity index (χ2n) is 13.4. The second kappa shape index (κ2) is 15.1. The largest absolute Gasteiger partial charge is 0.433 e. The highest BCUT2D eigenvalue weighted by Gasteiger charge is 2.33. The molecule has 0 aliphatic carbocycles. The van der Waals surface area contributed by atoms with Crippen LogP contribution in [0.1, 0.15) is 52.4 Å². The fourth-order valence-corrected chi connectivity index (χ4v) is 7.00. The van der Waals surface area contributed by atoms with Crippen LogP contribution in [0.25, 0.3) is 5.69 Å². The van der Waals surface area contributed by atoms with E-state index in [2.05, 4.69) is 45.7 Å². The summed E-state index contributed by atoms with van der Waals surface area (Å²) in [5.74, 6) is -1.54. The van der Waals surface area contributed by atoms with E-state index >= 15 is 0 Å². The van der Waals surface area contributed by atoms with E-state index in [1.807, 2.05) is 36.4 Å². The first-order chi connectivity index (χ1) is 25.9. The Hall–Kier alpha value is -6.04. The summed E-state index contributed by atoms with van der Waals surface area (Å²) < 4.78 is 40.7. The third kappa shape index (κ3) is 8.12. The van der Waals surface area contributed by atoms with E-state index in [-0.39, 0.29) is 23.2 Å². The van der Waals surface area contributed by atoms with Crippen LogP contribution < -0.4 is 31.5 Å². The lowest BCUT2D eigenvalue weighted by Gasteiger charge is -2.43. The van der Waals surface area contributed by atoms with Crippen LogP contribution in [0.15, 0.2) is 67.0 Å². The Morgan fingerprint density at radius 2 is 1.59 bits per heavy atom. The number of piperidine rings is 2. The molecule has 0 saturated carbocycles. The second-order valence-corrected chi connectivity index (χ2v) is 13.4. The third-order valence-electron chi connectivity index (χ3n) is 9.89. The Bertz CT molecular complexity index is 2020. The number of carbonyl (C=O) groups is 4. The number of benzene rings is 1. The number of halogens is 3. The molecule has 5 N–H and O–H groups in total. The van der Waals surface area contributed by atoms with Gasteiger partial charge in [-0.25, -0.2) is 14.6 Å². The zero-order valence-corrected chi connectivity index (χ0v) is 29.1. The van der Waals surface area contributed by atoms with Gasteiger partial charge >= 0.3 is 6.18 Å². The fourth-order valence-electron chi connectivity index (χ4n) is 7.00. The Balaban J connectivity index is 0.900. The van der Waals surface area contributed by atoms with Crippen molar-refractivity contribution in [3.63, 3.8) is 0 Å². The number of amides is 4. The van der Waals surface area contributed by atoms with Gasteiger partial charge in [0.1, 0.15) is 23.2 Å². The first-order valence-electron chi connectivity index (χ1n) is 17.6. The van der Waals surface area contributed by atoms with E-state index in [1.165, 1.54) is 10.9 Å². The van der Waals surface area contributed by atoms with Gasteiger partial charge in [0.25, 0.3) is 11.8 Å². The lowest BCUT2D eigenvalue weighted by Crippen LogP contribution is -2.53. The molecule has 3 saturated heterocycles. The molecule has 15 nitrogen and oxygen atoms in total. The van der Waals surface area contributed by atoms with Crippen molar-refractivity contribution in [3.8, 4) is 5.69 Å². The summed E-state index contributed by atoms with van der Waals surface area (Å²) >= 11 is 0. The van der Waals surface area contributed by atoms with Crippen LogP contribution >= 0.6 is 0 Å². The number of piperazine rings is 1. The van der Waals surface area contributed by atoms with Gasteiger partial charge in [0.15, 0.2) is 5.69 Å². The molecule has 0 bridgehead atoms. The standard InChI is InChI=1S/C36H38F3N11O4/c37-36(38,39)29-3-1-2-26(43-29)34(53)44-28-21-50(46-32(28)33(40)52)25-7-5-23(6-8-25)47-16-18-48(19-17-47)24-12-14-49(15-13-24)30-10-4-22(20-41-30)42-27-9-11-31(51)45-35(27)54/h1-8,10,20-21,24,27,42H,9,11-19H2,(H2,40,52)(H,44,53)(H,45,51,54). The van der Waals surface area contributed by atoms with Gasteiger partial charge in [0.05, 0.1) is 29.5 Å². The van der Waals surface area contributed by atoms with Crippen molar-refractivity contribution in [2.24, 2.45) is 5.73 Å². The normalized spacial score (nSPS) is 18.7. The molecule has 6 heterocycles. The number of hydrogen-bond donors (Lipinski definition) is 4. The molecule has 1 aromatic carbocycles. The lowest BCUT2D eigenvalue weighted by atomic mass is 10.0. The molecule has 54 heavy (non-hydrogen) atoms. The van der Waals surface area contributed by atoms with E-state index in [0.717, 1.165) is 87.5 Å². The number of nitrogens with zero attached hydrogens (tertiary/aromatic N) is 7. The summed E-state index contributed by atoms with van der Waals surface area (Å²) in [6, 6.07) is 14.4. The Morgan fingerprint density at radius 3 is 2.24 bits per heavy atom. The van der Waals surface area contributed by atoms with Gasteiger partial charge in [-0.05, 0) is 67.8 Å². The predicted molar refractivity (Wildman–Crippen MR) is 192 cm³/mol. The van der Waals surface area contributed by atoms with Crippen LogP contribution in [0.5, 0.6) is 0 Å². The van der Waals surface area contributed by atoms with Crippen molar-refractivity contribution < 1.29 is 32.3 Å². The van der Waals surface area contributed by atoms with E-state index in [1.54, 1.807) is 6.20 Å². The number of nitrogens with two attached hydrogens (primary N) is 1. The number of carbonyl (C=O) groups excluding carboxylic acids is 4. The summed E-state index contributed by atoms with van der Waals surface area (Å²) in [6.07, 6.45) is 1.17. The van der Waals surface area contributed by atoms with E-state index < -0.39 is 35.4 Å². The fraction of sp³-hybridized carbons (Fsp3) is 0.361.